The highest BCUT2D eigenvalue weighted by atomic mass is 19.1. The molecule has 2 aliphatic rings. The van der Waals surface area contributed by atoms with Crippen LogP contribution in [0.25, 0.3) is 11.3 Å². The molecule has 3 aromatic rings. The Balaban J connectivity index is 1.38. The van der Waals surface area contributed by atoms with Gasteiger partial charge in [0.25, 0.3) is 0 Å². The van der Waals surface area contributed by atoms with Crippen LogP contribution in [0.4, 0.5) is 26.1 Å². The second-order valence-electron chi connectivity index (χ2n) is 9.92. The molecule has 37 heavy (non-hydrogen) atoms. The molecule has 0 bridgehead atoms. The molecule has 0 fully saturated rings. The van der Waals surface area contributed by atoms with Crippen molar-refractivity contribution in [1.82, 2.24) is 14.9 Å². The Morgan fingerprint density at radius 1 is 1.14 bits per heavy atom. The van der Waals surface area contributed by atoms with Gasteiger partial charge in [0.05, 0.1) is 18.4 Å². The van der Waals surface area contributed by atoms with Gasteiger partial charge in [-0.25, -0.2) is 18.7 Å². The van der Waals surface area contributed by atoms with Crippen LogP contribution >= 0.6 is 0 Å². The van der Waals surface area contributed by atoms with Crippen molar-refractivity contribution in [3.63, 3.8) is 0 Å². The average Bonchev–Trinajstić information content (AvgIpc) is 2.88. The number of benzene rings is 2. The number of anilines is 3. The fourth-order valence-electron chi connectivity index (χ4n) is 4.93. The number of carbonyl (C=O) groups is 1. The fourth-order valence-corrected chi connectivity index (χ4v) is 4.93. The molecule has 0 aliphatic carbocycles. The maximum absolute atomic E-state index is 15.0. The summed E-state index contributed by atoms with van der Waals surface area (Å²) in [5.74, 6) is -0.560. The quantitative estimate of drug-likeness (QED) is 0.477. The molecule has 2 aromatic carbocycles. The molecule has 1 aromatic heterocycles. The summed E-state index contributed by atoms with van der Waals surface area (Å²) in [4.78, 5) is 24.1. The van der Waals surface area contributed by atoms with E-state index in [0.29, 0.717) is 30.8 Å². The normalized spacial score (nSPS) is 15.2. The topological polar surface area (TPSA) is 70.6 Å². The third-order valence-electron chi connectivity index (χ3n) is 6.89. The maximum Gasteiger partial charge on any atom is 0.227 e. The minimum Gasteiger partial charge on any atom is -0.486 e. The standard InChI is InChI=1S/C28H31F2N5O2/c1-17(2)35-10-11-37-27-23(29)13-21(14-25(27)35)26-24(30)15-31-28(33-26)32-22-5-4-20-16-34(8-6-18(3)36)9-7-19(20)12-22/h4-5,12-15,17H,6-11,16H2,1-3H3,(H,31,32,33). The largest absolute Gasteiger partial charge is 0.486 e. The first-order valence-corrected chi connectivity index (χ1v) is 12.6. The smallest absolute Gasteiger partial charge is 0.227 e. The van der Waals surface area contributed by atoms with Gasteiger partial charge in [0.15, 0.2) is 17.4 Å². The molecule has 9 heteroatoms. The van der Waals surface area contributed by atoms with Gasteiger partial charge in [0, 0.05) is 43.3 Å². The lowest BCUT2D eigenvalue weighted by Gasteiger charge is -2.34. The molecule has 194 valence electrons. The molecular weight excluding hydrogens is 476 g/mol. The minimum atomic E-state index is -0.631. The van der Waals surface area contributed by atoms with Crippen molar-refractivity contribution in [2.75, 3.05) is 36.5 Å². The summed E-state index contributed by atoms with van der Waals surface area (Å²) in [6, 6.07) is 9.17. The monoisotopic (exact) mass is 507 g/mol. The van der Waals surface area contributed by atoms with Crippen molar-refractivity contribution in [3.8, 4) is 17.0 Å². The number of nitrogens with one attached hydrogen (secondary N) is 1. The number of hydrogen-bond acceptors (Lipinski definition) is 7. The van der Waals surface area contributed by atoms with Gasteiger partial charge < -0.3 is 15.0 Å². The fraction of sp³-hybridized carbons (Fsp3) is 0.393. The molecule has 0 spiro atoms. The van der Waals surface area contributed by atoms with E-state index < -0.39 is 11.6 Å². The Hall–Kier alpha value is -3.59. The van der Waals surface area contributed by atoms with Crippen LogP contribution in [0.2, 0.25) is 0 Å². The Bertz CT molecular complexity index is 1330. The molecule has 7 nitrogen and oxygen atoms in total. The second-order valence-corrected chi connectivity index (χ2v) is 9.92. The molecule has 1 N–H and O–H groups in total. The Morgan fingerprint density at radius 3 is 2.76 bits per heavy atom. The van der Waals surface area contributed by atoms with Gasteiger partial charge in [-0.3, -0.25) is 9.69 Å². The highest BCUT2D eigenvalue weighted by Crippen LogP contribution is 2.39. The Kier molecular flexibility index (Phi) is 7.06. The molecule has 0 saturated carbocycles. The molecule has 2 aliphatic heterocycles. The Labute approximate surface area is 215 Å². The summed E-state index contributed by atoms with van der Waals surface area (Å²) < 4.78 is 35.4. The number of halogens is 2. The highest BCUT2D eigenvalue weighted by molar-refractivity contribution is 5.75. The van der Waals surface area contributed by atoms with Gasteiger partial charge in [0.2, 0.25) is 5.95 Å². The zero-order valence-electron chi connectivity index (χ0n) is 21.4. The van der Waals surface area contributed by atoms with Crippen LogP contribution in [0.3, 0.4) is 0 Å². The molecule has 0 unspecified atom stereocenters. The Morgan fingerprint density at radius 2 is 1.97 bits per heavy atom. The predicted octanol–water partition coefficient (Wildman–Crippen LogP) is 5.11. The lowest BCUT2D eigenvalue weighted by molar-refractivity contribution is -0.117. The van der Waals surface area contributed by atoms with Crippen molar-refractivity contribution >= 4 is 23.1 Å². The molecular formula is C28H31F2N5O2. The van der Waals surface area contributed by atoms with Crippen LogP contribution in [0.1, 0.15) is 38.3 Å². The van der Waals surface area contributed by atoms with E-state index in [1.807, 2.05) is 24.8 Å². The number of hydrogen-bond donors (Lipinski definition) is 1. The number of aromatic nitrogens is 2. The number of carbonyl (C=O) groups excluding carboxylic acids is 1. The second kappa shape index (κ2) is 10.4. The van der Waals surface area contributed by atoms with Gasteiger partial charge in [-0.05, 0) is 62.6 Å². The van der Waals surface area contributed by atoms with E-state index in [9.17, 15) is 13.6 Å². The van der Waals surface area contributed by atoms with Gasteiger partial charge in [-0.1, -0.05) is 6.07 Å². The van der Waals surface area contributed by atoms with E-state index in [1.54, 1.807) is 13.0 Å². The summed E-state index contributed by atoms with van der Waals surface area (Å²) in [5, 5.41) is 3.17. The summed E-state index contributed by atoms with van der Waals surface area (Å²) in [5.41, 5.74) is 4.18. The number of Topliss-reactive ketones (excluding diaryl/α,β-unsaturated/α-hetero) is 1. The van der Waals surface area contributed by atoms with E-state index in [0.717, 1.165) is 37.9 Å². The molecule has 0 atom stereocenters. The first-order chi connectivity index (χ1) is 17.8. The average molecular weight is 508 g/mol. The zero-order valence-corrected chi connectivity index (χ0v) is 21.4. The van der Waals surface area contributed by atoms with Crippen molar-refractivity contribution in [2.45, 2.75) is 46.2 Å². The minimum absolute atomic E-state index is 0.0209. The van der Waals surface area contributed by atoms with Crippen LogP contribution in [-0.2, 0) is 17.8 Å². The number of ketones is 1. The van der Waals surface area contributed by atoms with Gasteiger partial charge >= 0.3 is 0 Å². The third kappa shape index (κ3) is 5.41. The first-order valence-electron chi connectivity index (χ1n) is 12.6. The summed E-state index contributed by atoms with van der Waals surface area (Å²) in [7, 11) is 0. The molecule has 0 radical (unpaired) electrons. The van der Waals surface area contributed by atoms with Crippen molar-refractivity contribution in [3.05, 3.63) is 59.3 Å². The number of fused-ring (bicyclic) bond motifs is 2. The number of nitrogens with zero attached hydrogens (tertiary/aromatic N) is 4. The summed E-state index contributed by atoms with van der Waals surface area (Å²) >= 11 is 0. The van der Waals surface area contributed by atoms with E-state index >= 15 is 0 Å². The van der Waals surface area contributed by atoms with Crippen LogP contribution in [-0.4, -0.2) is 52.9 Å². The van der Waals surface area contributed by atoms with Gasteiger partial charge in [-0.15, -0.1) is 0 Å². The van der Waals surface area contributed by atoms with Crippen molar-refractivity contribution < 1.29 is 18.3 Å². The van der Waals surface area contributed by atoms with E-state index in [-0.39, 0.29) is 29.2 Å². The first kappa shape index (κ1) is 25.1. The highest BCUT2D eigenvalue weighted by Gasteiger charge is 2.26. The number of ether oxygens (including phenoxy) is 1. The lowest BCUT2D eigenvalue weighted by atomic mass is 9.99. The summed E-state index contributed by atoms with van der Waals surface area (Å²) in [6.45, 7) is 9.16. The molecule has 0 amide bonds. The van der Waals surface area contributed by atoms with Gasteiger partial charge in [-0.2, -0.15) is 0 Å². The van der Waals surface area contributed by atoms with E-state index in [2.05, 4.69) is 32.3 Å². The van der Waals surface area contributed by atoms with Crippen molar-refractivity contribution in [2.24, 2.45) is 0 Å². The van der Waals surface area contributed by atoms with Crippen LogP contribution in [0.15, 0.2) is 36.5 Å². The van der Waals surface area contributed by atoms with Crippen molar-refractivity contribution in [1.29, 1.82) is 0 Å². The predicted molar refractivity (Wildman–Crippen MR) is 139 cm³/mol. The van der Waals surface area contributed by atoms with Crippen LogP contribution in [0.5, 0.6) is 5.75 Å². The summed E-state index contributed by atoms with van der Waals surface area (Å²) in [6.07, 6.45) is 2.54. The lowest BCUT2D eigenvalue weighted by Crippen LogP contribution is -2.38. The molecule has 3 heterocycles. The van der Waals surface area contributed by atoms with Crippen LogP contribution < -0.4 is 15.0 Å². The molecule has 5 rings (SSSR count). The van der Waals surface area contributed by atoms with Gasteiger partial charge in [0.1, 0.15) is 18.1 Å². The van der Waals surface area contributed by atoms with E-state index in [1.165, 1.54) is 17.2 Å². The maximum atomic E-state index is 15.0. The third-order valence-corrected chi connectivity index (χ3v) is 6.89. The SMILES string of the molecule is CC(=O)CCN1CCc2cc(Nc3ncc(F)c(-c4cc(F)c5c(c4)N(C(C)C)CCO5)n3)ccc2C1. The van der Waals surface area contributed by atoms with E-state index in [4.69, 9.17) is 4.74 Å². The molecule has 0 saturated heterocycles. The number of rotatable bonds is 7. The zero-order chi connectivity index (χ0) is 26.1. The van der Waals surface area contributed by atoms with Crippen LogP contribution in [0, 0.1) is 11.6 Å².